The first-order chi connectivity index (χ1) is 9.22. The molecule has 1 saturated heterocycles. The molecule has 1 heterocycles. The molecule has 2 atom stereocenters. The van der Waals surface area contributed by atoms with E-state index in [4.69, 9.17) is 10.5 Å². The Hall–Kier alpha value is -1.26. The Bertz CT molecular complexity index is 414. The lowest BCUT2D eigenvalue weighted by Crippen LogP contribution is -2.51. The van der Waals surface area contributed by atoms with Gasteiger partial charge in [0.1, 0.15) is 5.75 Å². The van der Waals surface area contributed by atoms with Gasteiger partial charge in [0.25, 0.3) is 5.91 Å². The van der Waals surface area contributed by atoms with Crippen molar-refractivity contribution in [3.8, 4) is 5.75 Å². The van der Waals surface area contributed by atoms with Crippen molar-refractivity contribution in [2.24, 2.45) is 5.73 Å². The smallest absolute Gasteiger partial charge is 0.263 e. The van der Waals surface area contributed by atoms with E-state index < -0.39 is 6.10 Å². The highest BCUT2D eigenvalue weighted by atomic mass is 35.5. The first-order valence-corrected chi connectivity index (χ1v) is 6.94. The monoisotopic (exact) mass is 298 g/mol. The van der Waals surface area contributed by atoms with Gasteiger partial charge in [0.2, 0.25) is 0 Å². The quantitative estimate of drug-likeness (QED) is 0.927. The van der Waals surface area contributed by atoms with Gasteiger partial charge in [0, 0.05) is 19.1 Å². The number of nitrogens with two attached hydrogens (primary N) is 1. The van der Waals surface area contributed by atoms with Crippen LogP contribution in [0.25, 0.3) is 0 Å². The second-order valence-corrected chi connectivity index (χ2v) is 4.99. The molecule has 0 saturated carbocycles. The zero-order valence-electron chi connectivity index (χ0n) is 11.8. The van der Waals surface area contributed by atoms with E-state index in [9.17, 15) is 4.79 Å². The Morgan fingerprint density at radius 2 is 2.10 bits per heavy atom. The van der Waals surface area contributed by atoms with Crippen LogP contribution in [0.15, 0.2) is 30.3 Å². The lowest BCUT2D eigenvalue weighted by molar-refractivity contribution is -0.141. The van der Waals surface area contributed by atoms with Gasteiger partial charge < -0.3 is 15.4 Å². The molecule has 1 aromatic carbocycles. The molecule has 112 valence electrons. The van der Waals surface area contributed by atoms with Crippen LogP contribution < -0.4 is 10.5 Å². The summed E-state index contributed by atoms with van der Waals surface area (Å²) in [5.74, 6) is 0.767. The number of ether oxygens (including phenoxy) is 1. The number of carbonyl (C=O) groups excluding carboxylic acids is 1. The maximum Gasteiger partial charge on any atom is 0.263 e. The van der Waals surface area contributed by atoms with Crippen LogP contribution in [0.2, 0.25) is 0 Å². The van der Waals surface area contributed by atoms with E-state index in [1.54, 1.807) is 6.92 Å². The number of carbonyl (C=O) groups is 1. The zero-order chi connectivity index (χ0) is 13.7. The van der Waals surface area contributed by atoms with Crippen LogP contribution >= 0.6 is 12.4 Å². The van der Waals surface area contributed by atoms with E-state index in [0.29, 0.717) is 6.54 Å². The molecule has 1 aromatic rings. The minimum atomic E-state index is -0.463. The van der Waals surface area contributed by atoms with Crippen molar-refractivity contribution in [2.75, 3.05) is 13.1 Å². The maximum absolute atomic E-state index is 12.4. The van der Waals surface area contributed by atoms with Crippen LogP contribution in [0.1, 0.15) is 26.2 Å². The van der Waals surface area contributed by atoms with Crippen molar-refractivity contribution in [1.29, 1.82) is 0 Å². The second kappa shape index (κ2) is 8.12. The summed E-state index contributed by atoms with van der Waals surface area (Å²) in [6.07, 6.45) is 2.75. The molecule has 2 N–H and O–H groups in total. The Kier molecular flexibility index (Phi) is 6.82. The summed E-state index contributed by atoms with van der Waals surface area (Å²) in [4.78, 5) is 14.3. The van der Waals surface area contributed by atoms with Crippen LogP contribution in [0, 0.1) is 0 Å². The first kappa shape index (κ1) is 16.8. The van der Waals surface area contributed by atoms with Crippen molar-refractivity contribution in [2.45, 2.75) is 38.3 Å². The van der Waals surface area contributed by atoms with Gasteiger partial charge in [0.05, 0.1) is 0 Å². The Balaban J connectivity index is 0.00000200. The summed E-state index contributed by atoms with van der Waals surface area (Å²) in [6.45, 7) is 3.13. The SMILES string of the molecule is CC(Oc1ccccc1)C(=O)N1CCCCC1CN.Cl. The molecule has 0 radical (unpaired) electrons. The number of hydrogen-bond acceptors (Lipinski definition) is 3. The van der Waals surface area contributed by atoms with Crippen molar-refractivity contribution in [1.82, 2.24) is 4.90 Å². The predicted molar refractivity (Wildman–Crippen MR) is 82.2 cm³/mol. The first-order valence-electron chi connectivity index (χ1n) is 6.94. The van der Waals surface area contributed by atoms with Gasteiger partial charge in [-0.1, -0.05) is 18.2 Å². The van der Waals surface area contributed by atoms with Gasteiger partial charge in [-0.2, -0.15) is 0 Å². The minimum Gasteiger partial charge on any atom is -0.481 e. The predicted octanol–water partition coefficient (Wildman–Crippen LogP) is 2.22. The van der Waals surface area contributed by atoms with Crippen molar-refractivity contribution in [3.63, 3.8) is 0 Å². The molecule has 5 heteroatoms. The van der Waals surface area contributed by atoms with Crippen molar-refractivity contribution in [3.05, 3.63) is 30.3 Å². The van der Waals surface area contributed by atoms with Gasteiger partial charge in [-0.25, -0.2) is 0 Å². The molecule has 2 unspecified atom stereocenters. The average molecular weight is 299 g/mol. The Morgan fingerprint density at radius 1 is 1.40 bits per heavy atom. The highest BCUT2D eigenvalue weighted by Crippen LogP contribution is 2.19. The van der Waals surface area contributed by atoms with Crippen molar-refractivity contribution < 1.29 is 9.53 Å². The summed E-state index contributed by atoms with van der Waals surface area (Å²) >= 11 is 0. The number of halogens is 1. The lowest BCUT2D eigenvalue weighted by atomic mass is 10.0. The van der Waals surface area contributed by atoms with Gasteiger partial charge in [-0.3, -0.25) is 4.79 Å². The molecule has 1 aliphatic rings. The van der Waals surface area contributed by atoms with Gasteiger partial charge in [-0.05, 0) is 38.3 Å². The van der Waals surface area contributed by atoms with Crippen LogP contribution in [0.5, 0.6) is 5.75 Å². The third kappa shape index (κ3) is 4.12. The molecule has 0 spiro atoms. The molecular weight excluding hydrogens is 276 g/mol. The van der Waals surface area contributed by atoms with E-state index in [0.717, 1.165) is 31.6 Å². The third-order valence-electron chi connectivity index (χ3n) is 3.59. The van der Waals surface area contributed by atoms with E-state index in [-0.39, 0.29) is 24.4 Å². The molecule has 4 nitrogen and oxygen atoms in total. The number of nitrogens with zero attached hydrogens (tertiary/aromatic N) is 1. The molecule has 1 amide bonds. The molecule has 2 rings (SSSR count). The molecule has 0 aliphatic carbocycles. The number of amides is 1. The summed E-state index contributed by atoms with van der Waals surface area (Å²) in [5, 5.41) is 0. The highest BCUT2D eigenvalue weighted by molar-refractivity contribution is 5.85. The fourth-order valence-corrected chi connectivity index (χ4v) is 2.52. The molecule has 0 aromatic heterocycles. The fraction of sp³-hybridized carbons (Fsp3) is 0.533. The largest absolute Gasteiger partial charge is 0.481 e. The number of hydrogen-bond donors (Lipinski definition) is 1. The van der Waals surface area contributed by atoms with E-state index >= 15 is 0 Å². The van der Waals surface area contributed by atoms with Gasteiger partial charge in [0.15, 0.2) is 6.10 Å². The number of rotatable bonds is 4. The van der Waals surface area contributed by atoms with Gasteiger partial charge in [-0.15, -0.1) is 12.4 Å². The Morgan fingerprint density at radius 3 is 2.75 bits per heavy atom. The molecule has 0 bridgehead atoms. The number of piperidine rings is 1. The fourth-order valence-electron chi connectivity index (χ4n) is 2.52. The van der Waals surface area contributed by atoms with Crippen molar-refractivity contribution >= 4 is 18.3 Å². The standard InChI is InChI=1S/C15H22N2O2.ClH/c1-12(19-14-8-3-2-4-9-14)15(18)17-10-6-5-7-13(17)11-16;/h2-4,8-9,12-13H,5-7,10-11,16H2,1H3;1H. The molecule has 20 heavy (non-hydrogen) atoms. The highest BCUT2D eigenvalue weighted by Gasteiger charge is 2.29. The number of benzene rings is 1. The maximum atomic E-state index is 12.4. The number of para-hydroxylation sites is 1. The van der Waals surface area contributed by atoms with E-state index in [2.05, 4.69) is 0 Å². The van der Waals surface area contributed by atoms with Crippen LogP contribution in [0.3, 0.4) is 0 Å². The summed E-state index contributed by atoms with van der Waals surface area (Å²) in [7, 11) is 0. The van der Waals surface area contributed by atoms with Crippen LogP contribution in [-0.2, 0) is 4.79 Å². The second-order valence-electron chi connectivity index (χ2n) is 4.99. The molecule has 1 fully saturated rings. The third-order valence-corrected chi connectivity index (χ3v) is 3.59. The Labute approximate surface area is 126 Å². The van der Waals surface area contributed by atoms with Crippen LogP contribution in [-0.4, -0.2) is 36.0 Å². The topological polar surface area (TPSA) is 55.6 Å². The molecule has 1 aliphatic heterocycles. The zero-order valence-corrected chi connectivity index (χ0v) is 12.6. The summed E-state index contributed by atoms with van der Waals surface area (Å²) in [6, 6.07) is 9.62. The minimum absolute atomic E-state index is 0. The molecular formula is C15H23ClN2O2. The summed E-state index contributed by atoms with van der Waals surface area (Å²) in [5.41, 5.74) is 5.75. The number of likely N-dealkylation sites (tertiary alicyclic amines) is 1. The summed E-state index contributed by atoms with van der Waals surface area (Å²) < 4.78 is 5.69. The van der Waals surface area contributed by atoms with E-state index in [1.165, 1.54) is 0 Å². The van der Waals surface area contributed by atoms with Crippen LogP contribution in [0.4, 0.5) is 0 Å². The lowest BCUT2D eigenvalue weighted by Gasteiger charge is -2.36. The average Bonchev–Trinajstić information content (AvgIpc) is 2.47. The normalized spacial score (nSPS) is 19.9. The van der Waals surface area contributed by atoms with E-state index in [1.807, 2.05) is 35.2 Å². The van der Waals surface area contributed by atoms with Gasteiger partial charge >= 0.3 is 0 Å².